The van der Waals surface area contributed by atoms with E-state index in [0.29, 0.717) is 18.3 Å². The van der Waals surface area contributed by atoms with E-state index in [1.54, 1.807) is 5.57 Å². The first-order valence-corrected chi connectivity index (χ1v) is 26.8. The highest BCUT2D eigenvalue weighted by atomic mass is 28.4. The largest absolute Gasteiger partial charge is 0.414 e. The first kappa shape index (κ1) is 42.9. The van der Waals surface area contributed by atoms with Gasteiger partial charge in [-0.2, -0.15) is 0 Å². The maximum Gasteiger partial charge on any atom is 0.192 e. The number of aliphatic hydroxyl groups is 1. The second-order valence-corrected chi connectivity index (χ2v) is 30.9. The van der Waals surface area contributed by atoms with Gasteiger partial charge in [-0.15, -0.1) is 0 Å². The van der Waals surface area contributed by atoms with Gasteiger partial charge in [0, 0.05) is 6.42 Å². The Bertz CT molecular complexity index is 1270. The van der Waals surface area contributed by atoms with Crippen molar-refractivity contribution in [3.05, 3.63) is 35.5 Å². The number of rotatable bonds is 14. The van der Waals surface area contributed by atoms with Gasteiger partial charge in [-0.3, -0.25) is 4.79 Å². The Morgan fingerprint density at radius 3 is 1.96 bits per heavy atom. The van der Waals surface area contributed by atoms with E-state index >= 15 is 0 Å². The maximum absolute atomic E-state index is 13.1. The number of Topliss-reactive ketones (excluding diaryl/α,β-unsaturated/α-hetero) is 1. The summed E-state index contributed by atoms with van der Waals surface area (Å²) < 4.78 is 14.2. The van der Waals surface area contributed by atoms with E-state index in [-0.39, 0.29) is 38.9 Å². The lowest BCUT2D eigenvalue weighted by molar-refractivity contribution is -0.127. The van der Waals surface area contributed by atoms with Gasteiger partial charge in [0.25, 0.3) is 0 Å². The Hall–Kier alpha value is -0.796. The lowest BCUT2D eigenvalue weighted by atomic mass is 9.57. The van der Waals surface area contributed by atoms with Crippen molar-refractivity contribution in [1.82, 2.24) is 0 Å². The van der Waals surface area contributed by atoms with Crippen LogP contribution in [0.5, 0.6) is 0 Å². The van der Waals surface area contributed by atoms with Gasteiger partial charge in [0.2, 0.25) is 0 Å². The fourth-order valence-corrected chi connectivity index (χ4v) is 12.3. The van der Waals surface area contributed by atoms with Crippen LogP contribution in [0.2, 0.25) is 36.3 Å². The number of ketones is 1. The molecular formula is C45H80O4Si2. The number of hydrogen-bond acceptors (Lipinski definition) is 4. The molecule has 4 nitrogen and oxygen atoms in total. The molecule has 1 N–H and O–H groups in total. The fraction of sp³-hybridized carbons (Fsp3) is 0.844. The monoisotopic (exact) mass is 741 g/mol. The predicted octanol–water partition coefficient (Wildman–Crippen LogP) is 12.9. The normalized spacial score (nSPS) is 30.5. The standard InChI is InChI=1S/C45H80O4Si2/c1-15-16-17-20-39(46)45(28-29-45)40(47)25-27-43(8,9)38-24-23-37-34(19-18-26-44(37,38)10)22-21-33-30-35(48-50(11,12)41(2,3)4)32-36(31-33)49-51(13,14)42(5,6)7/h21-22,25,27,35-38,40,47H,15-20,23-24,26,28-32H2,1-14H3/b27-25+,34-22+/t35-,36-,37+,38-,40?,44+/m1/s1. The van der Waals surface area contributed by atoms with E-state index < -0.39 is 28.2 Å². The summed E-state index contributed by atoms with van der Waals surface area (Å²) in [6.07, 6.45) is 23.7. The van der Waals surface area contributed by atoms with Crippen molar-refractivity contribution in [2.75, 3.05) is 0 Å². The molecule has 0 aromatic carbocycles. The highest BCUT2D eigenvalue weighted by molar-refractivity contribution is 6.74. The molecule has 51 heavy (non-hydrogen) atoms. The molecule has 0 spiro atoms. The third-order valence-corrected chi connectivity index (χ3v) is 24.1. The van der Waals surface area contributed by atoms with E-state index in [9.17, 15) is 9.90 Å². The van der Waals surface area contributed by atoms with Crippen molar-refractivity contribution in [3.63, 3.8) is 0 Å². The average molecular weight is 741 g/mol. The summed E-state index contributed by atoms with van der Waals surface area (Å²) in [6.45, 7) is 33.2. The summed E-state index contributed by atoms with van der Waals surface area (Å²) in [5, 5.41) is 11.7. The number of carbonyl (C=O) groups excluding carboxylic acids is 1. The van der Waals surface area contributed by atoms with Crippen molar-refractivity contribution < 1.29 is 18.8 Å². The van der Waals surface area contributed by atoms with Crippen molar-refractivity contribution in [2.24, 2.45) is 28.1 Å². The summed E-state index contributed by atoms with van der Waals surface area (Å²) in [5.74, 6) is 1.43. The quantitative estimate of drug-likeness (QED) is 0.109. The molecule has 0 saturated heterocycles. The lowest BCUT2D eigenvalue weighted by Gasteiger charge is -2.47. The molecule has 6 heteroatoms. The van der Waals surface area contributed by atoms with E-state index in [0.717, 1.165) is 51.4 Å². The van der Waals surface area contributed by atoms with Crippen LogP contribution in [0.3, 0.4) is 0 Å². The molecule has 0 aromatic rings. The maximum atomic E-state index is 13.1. The Kier molecular flexibility index (Phi) is 13.3. The van der Waals surface area contributed by atoms with E-state index in [1.165, 1.54) is 37.7 Å². The van der Waals surface area contributed by atoms with Crippen LogP contribution < -0.4 is 0 Å². The molecule has 4 saturated carbocycles. The van der Waals surface area contributed by atoms with Gasteiger partial charge in [-0.1, -0.05) is 118 Å². The Labute approximate surface area is 317 Å². The van der Waals surface area contributed by atoms with Crippen molar-refractivity contribution in [1.29, 1.82) is 0 Å². The number of aliphatic hydroxyl groups excluding tert-OH is 1. The molecule has 4 aliphatic rings. The summed E-state index contributed by atoms with van der Waals surface area (Å²) in [6, 6.07) is 0. The van der Waals surface area contributed by atoms with E-state index in [1.807, 2.05) is 6.08 Å². The SMILES string of the molecule is CCCCCC(=O)C1(C(O)/C=C/C(C)(C)[C@H]2CC[C@H]3/C(=C/C=C4C[C@@H](O[Si](C)(C)C(C)(C)C)C[C@H](O[Si](C)(C)C(C)(C)C)C4)CCC[C@]23C)CC1. The molecule has 0 aliphatic heterocycles. The van der Waals surface area contributed by atoms with Gasteiger partial charge in [0.15, 0.2) is 16.6 Å². The minimum absolute atomic E-state index is 0.0429. The summed E-state index contributed by atoms with van der Waals surface area (Å²) in [4.78, 5) is 13.1. The second-order valence-electron chi connectivity index (χ2n) is 21.4. The van der Waals surface area contributed by atoms with Crippen LogP contribution in [0.25, 0.3) is 0 Å². The predicted molar refractivity (Wildman–Crippen MR) is 222 cm³/mol. The van der Waals surface area contributed by atoms with Crippen LogP contribution in [0, 0.1) is 28.1 Å². The number of fused-ring (bicyclic) bond motifs is 1. The highest BCUT2D eigenvalue weighted by Crippen LogP contribution is 2.62. The lowest BCUT2D eigenvalue weighted by Crippen LogP contribution is -2.48. The zero-order valence-corrected chi connectivity index (χ0v) is 37.8. The Morgan fingerprint density at radius 2 is 1.45 bits per heavy atom. The Balaban J connectivity index is 1.52. The van der Waals surface area contributed by atoms with Crippen molar-refractivity contribution in [2.45, 2.75) is 214 Å². The van der Waals surface area contributed by atoms with Crippen LogP contribution in [0.1, 0.15) is 159 Å². The molecule has 4 aliphatic carbocycles. The number of unbranched alkanes of at least 4 members (excludes halogenated alkanes) is 2. The molecule has 0 bridgehead atoms. The topological polar surface area (TPSA) is 55.8 Å². The third kappa shape index (κ3) is 9.72. The zero-order chi connectivity index (χ0) is 38.3. The zero-order valence-electron chi connectivity index (χ0n) is 35.8. The molecular weight excluding hydrogens is 661 g/mol. The van der Waals surface area contributed by atoms with Gasteiger partial charge in [-0.05, 0) is 130 Å². The van der Waals surface area contributed by atoms with Crippen LogP contribution in [-0.4, -0.2) is 45.8 Å². The van der Waals surface area contributed by atoms with Crippen LogP contribution in [0.15, 0.2) is 35.5 Å². The average Bonchev–Trinajstić information content (AvgIpc) is 3.73. The summed E-state index contributed by atoms with van der Waals surface area (Å²) >= 11 is 0. The minimum Gasteiger partial charge on any atom is -0.414 e. The molecule has 0 amide bonds. The van der Waals surface area contributed by atoms with Gasteiger partial charge >= 0.3 is 0 Å². The van der Waals surface area contributed by atoms with Gasteiger partial charge < -0.3 is 14.0 Å². The summed E-state index contributed by atoms with van der Waals surface area (Å²) in [5.41, 5.74) is 2.82. The van der Waals surface area contributed by atoms with E-state index in [2.05, 4.69) is 114 Å². The number of carbonyl (C=O) groups is 1. The number of allylic oxidation sites excluding steroid dienone is 4. The van der Waals surface area contributed by atoms with Crippen molar-refractivity contribution in [3.8, 4) is 0 Å². The highest BCUT2D eigenvalue weighted by Gasteiger charge is 2.55. The molecule has 292 valence electrons. The summed E-state index contributed by atoms with van der Waals surface area (Å²) in [7, 11) is -3.83. The molecule has 0 radical (unpaired) electrons. The van der Waals surface area contributed by atoms with Gasteiger partial charge in [-0.25, -0.2) is 0 Å². The first-order chi connectivity index (χ1) is 23.4. The molecule has 1 unspecified atom stereocenters. The molecule has 0 heterocycles. The fourth-order valence-electron chi connectivity index (χ4n) is 9.62. The molecule has 4 rings (SSSR count). The second kappa shape index (κ2) is 15.7. The van der Waals surface area contributed by atoms with Crippen LogP contribution in [0.4, 0.5) is 0 Å². The molecule has 4 fully saturated rings. The van der Waals surface area contributed by atoms with Gasteiger partial charge in [0.1, 0.15) is 5.78 Å². The first-order valence-electron chi connectivity index (χ1n) is 21.0. The van der Waals surface area contributed by atoms with Gasteiger partial charge in [0.05, 0.1) is 23.7 Å². The van der Waals surface area contributed by atoms with Crippen molar-refractivity contribution >= 4 is 22.4 Å². The minimum atomic E-state index is -1.91. The molecule has 0 aromatic heterocycles. The third-order valence-electron chi connectivity index (χ3n) is 15.1. The van der Waals surface area contributed by atoms with E-state index in [4.69, 9.17) is 8.85 Å². The molecule has 6 atom stereocenters. The van der Waals surface area contributed by atoms with Crippen LogP contribution in [-0.2, 0) is 13.6 Å². The smallest absolute Gasteiger partial charge is 0.192 e. The Morgan fingerprint density at radius 1 is 0.882 bits per heavy atom. The number of hydrogen-bond donors (Lipinski definition) is 1. The van der Waals surface area contributed by atoms with Crippen LogP contribution >= 0.6 is 0 Å².